The third-order valence-corrected chi connectivity index (χ3v) is 5.21. The molecule has 2 fully saturated rings. The summed E-state index contributed by atoms with van der Waals surface area (Å²) in [6.45, 7) is 0.776. The Kier molecular flexibility index (Phi) is 4.04. The number of anilines is 1. The van der Waals surface area contributed by atoms with Crippen molar-refractivity contribution < 1.29 is 13.9 Å². The molecule has 8 nitrogen and oxygen atoms in total. The number of halogens is 1. The second-order valence-electron chi connectivity index (χ2n) is 7.39. The number of aryl methyl sites for hydroxylation is 1. The topological polar surface area (TPSA) is 85.5 Å². The molecule has 28 heavy (non-hydrogen) atoms. The Morgan fingerprint density at radius 1 is 1.36 bits per heavy atom. The zero-order chi connectivity index (χ0) is 19.3. The van der Waals surface area contributed by atoms with Crippen LogP contribution in [-0.2, 0) is 11.8 Å². The van der Waals surface area contributed by atoms with Gasteiger partial charge in [-0.15, -0.1) is 0 Å². The number of carbonyl (C=O) groups is 1. The van der Waals surface area contributed by atoms with E-state index in [1.807, 2.05) is 31.4 Å². The van der Waals surface area contributed by atoms with Gasteiger partial charge in [0.2, 0.25) is 5.91 Å². The highest BCUT2D eigenvalue weighted by atomic mass is 19.1. The molecule has 4 heterocycles. The van der Waals surface area contributed by atoms with Crippen LogP contribution in [0.25, 0.3) is 16.8 Å². The number of hydrogen-bond acceptors (Lipinski definition) is 5. The summed E-state index contributed by atoms with van der Waals surface area (Å²) in [6, 6.07) is 5.68. The highest BCUT2D eigenvalue weighted by Gasteiger charge is 2.31. The van der Waals surface area contributed by atoms with Crippen LogP contribution in [0.5, 0.6) is 5.75 Å². The molecule has 1 saturated heterocycles. The van der Waals surface area contributed by atoms with Crippen molar-refractivity contribution in [1.82, 2.24) is 24.7 Å². The molecule has 0 radical (unpaired) electrons. The van der Waals surface area contributed by atoms with Crippen LogP contribution in [-0.4, -0.2) is 50.7 Å². The van der Waals surface area contributed by atoms with Gasteiger partial charge in [0, 0.05) is 43.9 Å². The number of amides is 1. The van der Waals surface area contributed by atoms with E-state index in [4.69, 9.17) is 4.74 Å². The standard InChI is InChI=1S/C19H21FN6O2/c1-25-18(16(10-22-25)28-15-9-21-8-14(15)20)12-4-5-26-13(6-12)7-17(24-26)23-19(27)11-2-3-11/h4-7,10-11,14-15,21H,2-3,8-9H2,1H3,(H,23,24,27)/t14-,15+/m0/s1. The van der Waals surface area contributed by atoms with Crippen LogP contribution in [0, 0.1) is 5.92 Å². The van der Waals surface area contributed by atoms with Gasteiger partial charge in [0.1, 0.15) is 11.8 Å². The van der Waals surface area contributed by atoms with Crippen molar-refractivity contribution in [2.75, 3.05) is 18.4 Å². The van der Waals surface area contributed by atoms with Crippen LogP contribution in [0.2, 0.25) is 0 Å². The van der Waals surface area contributed by atoms with Gasteiger partial charge in [-0.05, 0) is 25.0 Å². The minimum atomic E-state index is -1.04. The van der Waals surface area contributed by atoms with E-state index in [1.54, 1.807) is 15.4 Å². The van der Waals surface area contributed by atoms with Crippen LogP contribution in [0.1, 0.15) is 12.8 Å². The molecular weight excluding hydrogens is 363 g/mol. The summed E-state index contributed by atoms with van der Waals surface area (Å²) in [6.07, 6.45) is 3.77. The lowest BCUT2D eigenvalue weighted by atomic mass is 10.1. The Morgan fingerprint density at radius 3 is 2.96 bits per heavy atom. The van der Waals surface area contributed by atoms with E-state index in [9.17, 15) is 9.18 Å². The molecular formula is C19H21FN6O2. The summed E-state index contributed by atoms with van der Waals surface area (Å²) in [5.74, 6) is 1.23. The number of rotatable bonds is 5. The van der Waals surface area contributed by atoms with Crippen molar-refractivity contribution in [3.8, 4) is 17.0 Å². The number of aromatic nitrogens is 4. The first-order chi connectivity index (χ1) is 13.6. The summed E-state index contributed by atoms with van der Waals surface area (Å²) in [5.41, 5.74) is 2.48. The first-order valence-corrected chi connectivity index (χ1v) is 9.42. The summed E-state index contributed by atoms with van der Waals surface area (Å²) in [4.78, 5) is 12.0. The van der Waals surface area contributed by atoms with Gasteiger partial charge in [0.15, 0.2) is 17.7 Å². The predicted molar refractivity (Wildman–Crippen MR) is 101 cm³/mol. The minimum absolute atomic E-state index is 0.0249. The lowest BCUT2D eigenvalue weighted by Crippen LogP contribution is -2.27. The van der Waals surface area contributed by atoms with Gasteiger partial charge in [-0.2, -0.15) is 10.2 Å². The smallest absolute Gasteiger partial charge is 0.228 e. The van der Waals surface area contributed by atoms with E-state index in [-0.39, 0.29) is 11.8 Å². The molecule has 0 aromatic carbocycles. The molecule has 2 aliphatic rings. The Morgan fingerprint density at radius 2 is 2.21 bits per heavy atom. The van der Waals surface area contributed by atoms with Crippen LogP contribution in [0.15, 0.2) is 30.6 Å². The third kappa shape index (κ3) is 3.11. The largest absolute Gasteiger partial charge is 0.482 e. The van der Waals surface area contributed by atoms with E-state index in [0.717, 1.165) is 29.6 Å². The number of nitrogens with one attached hydrogen (secondary N) is 2. The molecule has 1 amide bonds. The van der Waals surface area contributed by atoms with E-state index >= 15 is 0 Å². The number of alkyl halides is 1. The molecule has 0 unspecified atom stereocenters. The van der Waals surface area contributed by atoms with Crippen LogP contribution >= 0.6 is 0 Å². The summed E-state index contributed by atoms with van der Waals surface area (Å²) in [5, 5.41) is 14.5. The zero-order valence-corrected chi connectivity index (χ0v) is 15.4. The number of ether oxygens (including phenoxy) is 1. The van der Waals surface area contributed by atoms with Gasteiger partial charge >= 0.3 is 0 Å². The fraction of sp³-hybridized carbons (Fsp3) is 0.421. The first-order valence-electron chi connectivity index (χ1n) is 9.42. The fourth-order valence-corrected chi connectivity index (χ4v) is 3.51. The highest BCUT2D eigenvalue weighted by Crippen LogP contribution is 2.33. The SMILES string of the molecule is Cn1ncc(O[C@@H]2CNC[C@@H]2F)c1-c1ccn2nc(NC(=O)C3CC3)cc2c1. The van der Waals surface area contributed by atoms with E-state index < -0.39 is 12.3 Å². The fourth-order valence-electron chi connectivity index (χ4n) is 3.51. The predicted octanol–water partition coefficient (Wildman–Crippen LogP) is 1.77. The lowest BCUT2D eigenvalue weighted by molar-refractivity contribution is -0.117. The molecule has 2 atom stereocenters. The molecule has 1 saturated carbocycles. The molecule has 9 heteroatoms. The maximum absolute atomic E-state index is 13.9. The zero-order valence-electron chi connectivity index (χ0n) is 15.4. The third-order valence-electron chi connectivity index (χ3n) is 5.21. The summed E-state index contributed by atoms with van der Waals surface area (Å²) in [7, 11) is 1.82. The van der Waals surface area contributed by atoms with Crippen LogP contribution in [0.3, 0.4) is 0 Å². The Balaban J connectivity index is 1.44. The van der Waals surface area contributed by atoms with E-state index in [0.29, 0.717) is 24.7 Å². The maximum atomic E-state index is 13.9. The van der Waals surface area contributed by atoms with Crippen molar-refractivity contribution in [3.63, 3.8) is 0 Å². The second-order valence-corrected chi connectivity index (χ2v) is 7.39. The van der Waals surface area contributed by atoms with Gasteiger partial charge in [0.05, 0.1) is 11.7 Å². The summed E-state index contributed by atoms with van der Waals surface area (Å²) >= 11 is 0. The monoisotopic (exact) mass is 384 g/mol. The number of fused-ring (bicyclic) bond motifs is 1. The molecule has 1 aliphatic heterocycles. The molecule has 3 aromatic heterocycles. The lowest BCUT2D eigenvalue weighted by Gasteiger charge is -2.15. The molecule has 5 rings (SSSR count). The Bertz CT molecular complexity index is 1040. The number of hydrogen-bond donors (Lipinski definition) is 2. The molecule has 1 aliphatic carbocycles. The highest BCUT2D eigenvalue weighted by molar-refractivity contribution is 5.93. The van der Waals surface area contributed by atoms with E-state index in [2.05, 4.69) is 20.8 Å². The van der Waals surface area contributed by atoms with Crippen molar-refractivity contribution in [3.05, 3.63) is 30.6 Å². The first kappa shape index (κ1) is 17.2. The van der Waals surface area contributed by atoms with Crippen molar-refractivity contribution in [2.24, 2.45) is 13.0 Å². The van der Waals surface area contributed by atoms with Gasteiger partial charge in [-0.25, -0.2) is 8.91 Å². The normalized spacial score (nSPS) is 21.9. The van der Waals surface area contributed by atoms with E-state index in [1.165, 1.54) is 0 Å². The number of pyridine rings is 1. The second kappa shape index (κ2) is 6.59. The van der Waals surface area contributed by atoms with Gasteiger partial charge < -0.3 is 15.4 Å². The Hall–Kier alpha value is -2.94. The Labute approximate surface area is 160 Å². The quantitative estimate of drug-likeness (QED) is 0.700. The van der Waals surface area contributed by atoms with Crippen LogP contribution < -0.4 is 15.4 Å². The average molecular weight is 384 g/mol. The number of carbonyl (C=O) groups excluding carboxylic acids is 1. The molecule has 3 aromatic rings. The van der Waals surface area contributed by atoms with Gasteiger partial charge in [-0.3, -0.25) is 9.48 Å². The van der Waals surface area contributed by atoms with Crippen molar-refractivity contribution in [1.29, 1.82) is 0 Å². The van der Waals surface area contributed by atoms with Crippen molar-refractivity contribution >= 4 is 17.2 Å². The van der Waals surface area contributed by atoms with Gasteiger partial charge in [-0.1, -0.05) is 0 Å². The van der Waals surface area contributed by atoms with Crippen LogP contribution in [0.4, 0.5) is 10.2 Å². The summed E-state index contributed by atoms with van der Waals surface area (Å²) < 4.78 is 23.2. The molecule has 0 bridgehead atoms. The molecule has 0 spiro atoms. The van der Waals surface area contributed by atoms with Crippen molar-refractivity contribution in [2.45, 2.75) is 25.1 Å². The maximum Gasteiger partial charge on any atom is 0.228 e. The molecule has 146 valence electrons. The number of nitrogens with zero attached hydrogens (tertiary/aromatic N) is 4. The minimum Gasteiger partial charge on any atom is -0.482 e. The molecule has 2 N–H and O–H groups in total. The average Bonchev–Trinajstić information content (AvgIpc) is 3.20. The van der Waals surface area contributed by atoms with Gasteiger partial charge in [0.25, 0.3) is 0 Å².